The standard InChI is InChI=1S/C38H54O6/c1-23-13-16-38(41-21-23)25(3)34-32(42-38)19-31-29-12-9-27-20-37(18-17-35(27,4)30(29)14-15-36(31,34)5)40-22-33(43-44-37)24(2)26-7-10-28(39-6)11-8-26/h7-8,10-11,23,25,27,29-34H,2,9,12-22H2,1,3-6H3/t23-,25+,27?,29?,30?,31?,32?,33?,34?,35+,36+,37?,38?/m1/s1. The molecule has 8 rings (SSSR count). The van der Waals surface area contributed by atoms with Gasteiger partial charge in [0.25, 0.3) is 0 Å². The highest BCUT2D eigenvalue weighted by Gasteiger charge is 2.69. The second kappa shape index (κ2) is 10.5. The summed E-state index contributed by atoms with van der Waals surface area (Å²) < 4.78 is 25.4. The Hall–Kier alpha value is -1.44. The third-order valence-electron chi connectivity index (χ3n) is 14.6. The summed E-state index contributed by atoms with van der Waals surface area (Å²) in [7, 11) is 1.68. The first kappa shape index (κ1) is 29.9. The Labute approximate surface area is 264 Å². The van der Waals surface area contributed by atoms with Gasteiger partial charge < -0.3 is 18.9 Å². The van der Waals surface area contributed by atoms with Gasteiger partial charge in [-0.1, -0.05) is 46.4 Å². The molecule has 6 heteroatoms. The summed E-state index contributed by atoms with van der Waals surface area (Å²) in [6.07, 6.45) is 11.8. The molecule has 1 aromatic rings. The summed E-state index contributed by atoms with van der Waals surface area (Å²) in [5, 5.41) is 0. The summed E-state index contributed by atoms with van der Waals surface area (Å²) in [6.45, 7) is 15.7. The van der Waals surface area contributed by atoms with Crippen molar-refractivity contribution in [2.45, 2.75) is 116 Å². The summed E-state index contributed by atoms with van der Waals surface area (Å²) >= 11 is 0. The first-order valence-electron chi connectivity index (χ1n) is 17.7. The van der Waals surface area contributed by atoms with Crippen LogP contribution < -0.4 is 4.74 Å². The average molecular weight is 607 g/mol. The van der Waals surface area contributed by atoms with Gasteiger partial charge in [0.15, 0.2) is 5.79 Å². The lowest BCUT2D eigenvalue weighted by Gasteiger charge is -2.62. The van der Waals surface area contributed by atoms with Crippen molar-refractivity contribution in [3.05, 3.63) is 36.4 Å². The van der Waals surface area contributed by atoms with E-state index in [0.29, 0.717) is 47.2 Å². The minimum absolute atomic E-state index is 0.304. The van der Waals surface area contributed by atoms with Crippen LogP contribution in [-0.2, 0) is 24.0 Å². The van der Waals surface area contributed by atoms with Crippen LogP contribution in [0.2, 0.25) is 0 Å². The number of hydrogen-bond donors (Lipinski definition) is 0. The van der Waals surface area contributed by atoms with Crippen LogP contribution in [0.5, 0.6) is 5.75 Å². The Morgan fingerprint density at radius 3 is 2.41 bits per heavy atom. The van der Waals surface area contributed by atoms with Crippen LogP contribution in [-0.4, -0.2) is 44.1 Å². The molecule has 13 atom stereocenters. The first-order valence-corrected chi connectivity index (χ1v) is 17.7. The maximum absolute atomic E-state index is 7.00. The van der Waals surface area contributed by atoms with Gasteiger partial charge in [-0.3, -0.25) is 0 Å². The van der Waals surface area contributed by atoms with E-state index in [-0.39, 0.29) is 11.9 Å². The van der Waals surface area contributed by atoms with Gasteiger partial charge in [0.2, 0.25) is 5.79 Å². The molecule has 2 spiro atoms. The Kier molecular flexibility index (Phi) is 7.17. The molecule has 6 nitrogen and oxygen atoms in total. The van der Waals surface area contributed by atoms with Crippen LogP contribution in [0.4, 0.5) is 0 Å². The largest absolute Gasteiger partial charge is 0.497 e. The van der Waals surface area contributed by atoms with Crippen molar-refractivity contribution in [2.75, 3.05) is 20.3 Å². The van der Waals surface area contributed by atoms with E-state index in [4.69, 9.17) is 28.7 Å². The van der Waals surface area contributed by atoms with Crippen LogP contribution in [0, 0.1) is 52.3 Å². The van der Waals surface area contributed by atoms with E-state index in [1.54, 1.807) is 7.11 Å². The van der Waals surface area contributed by atoms with Crippen molar-refractivity contribution in [3.63, 3.8) is 0 Å². The van der Waals surface area contributed by atoms with Crippen LogP contribution in [0.1, 0.15) is 97.5 Å². The van der Waals surface area contributed by atoms with Gasteiger partial charge in [-0.25, -0.2) is 9.78 Å². The molecule has 3 saturated heterocycles. The van der Waals surface area contributed by atoms with Crippen molar-refractivity contribution in [3.8, 4) is 5.75 Å². The fraction of sp³-hybridized carbons (Fsp3) is 0.789. The number of methoxy groups -OCH3 is 1. The van der Waals surface area contributed by atoms with Gasteiger partial charge in [0.1, 0.15) is 11.9 Å². The molecular formula is C38H54O6. The third-order valence-corrected chi connectivity index (χ3v) is 14.6. The summed E-state index contributed by atoms with van der Waals surface area (Å²) in [4.78, 5) is 12.3. The molecule has 4 saturated carbocycles. The highest BCUT2D eigenvalue weighted by molar-refractivity contribution is 5.67. The van der Waals surface area contributed by atoms with Crippen molar-refractivity contribution < 1.29 is 28.7 Å². The highest BCUT2D eigenvalue weighted by atomic mass is 17.2. The molecule has 3 aliphatic heterocycles. The monoisotopic (exact) mass is 606 g/mol. The summed E-state index contributed by atoms with van der Waals surface area (Å²) in [5.41, 5.74) is 2.60. The minimum Gasteiger partial charge on any atom is -0.497 e. The Balaban J connectivity index is 0.929. The smallest absolute Gasteiger partial charge is 0.202 e. The van der Waals surface area contributed by atoms with Crippen molar-refractivity contribution >= 4 is 5.57 Å². The molecule has 0 radical (unpaired) electrons. The number of fused-ring (bicyclic) bond motifs is 7. The number of rotatable bonds is 3. The lowest BCUT2D eigenvalue weighted by atomic mass is 9.44. The zero-order valence-corrected chi connectivity index (χ0v) is 27.6. The molecule has 7 aliphatic rings. The maximum atomic E-state index is 7.00. The Morgan fingerprint density at radius 1 is 0.886 bits per heavy atom. The van der Waals surface area contributed by atoms with Crippen LogP contribution in [0.3, 0.4) is 0 Å². The molecule has 0 bridgehead atoms. The molecule has 242 valence electrons. The number of benzene rings is 1. The first-order chi connectivity index (χ1) is 21.1. The highest BCUT2D eigenvalue weighted by Crippen LogP contribution is 2.72. The molecular weight excluding hydrogens is 552 g/mol. The molecule has 3 heterocycles. The summed E-state index contributed by atoms with van der Waals surface area (Å²) in [5.74, 6) is 4.59. The van der Waals surface area contributed by atoms with Gasteiger partial charge in [-0.2, -0.15) is 0 Å². The normalized spacial score (nSPS) is 51.3. The van der Waals surface area contributed by atoms with E-state index in [9.17, 15) is 0 Å². The van der Waals surface area contributed by atoms with Gasteiger partial charge in [-0.05, 0) is 115 Å². The Bertz CT molecular complexity index is 1240. The molecule has 9 unspecified atom stereocenters. The van der Waals surface area contributed by atoms with Crippen molar-refractivity contribution in [1.82, 2.24) is 0 Å². The molecule has 0 aromatic heterocycles. The second-order valence-electron chi connectivity index (χ2n) is 16.5. The fourth-order valence-corrected chi connectivity index (χ4v) is 12.0. The van der Waals surface area contributed by atoms with Crippen LogP contribution in [0.25, 0.3) is 5.57 Å². The molecule has 0 N–H and O–H groups in total. The molecule has 44 heavy (non-hydrogen) atoms. The van der Waals surface area contributed by atoms with Gasteiger partial charge in [-0.15, -0.1) is 0 Å². The van der Waals surface area contributed by atoms with Gasteiger partial charge in [0, 0.05) is 25.2 Å². The molecule has 7 fully saturated rings. The minimum atomic E-state index is -0.629. The lowest BCUT2D eigenvalue weighted by molar-refractivity contribution is -0.489. The van der Waals surface area contributed by atoms with Gasteiger partial charge >= 0.3 is 0 Å². The van der Waals surface area contributed by atoms with E-state index < -0.39 is 5.79 Å². The van der Waals surface area contributed by atoms with E-state index in [1.165, 1.54) is 38.5 Å². The zero-order chi connectivity index (χ0) is 30.5. The third kappa shape index (κ3) is 4.37. The predicted molar refractivity (Wildman–Crippen MR) is 168 cm³/mol. The topological polar surface area (TPSA) is 55.4 Å². The van der Waals surface area contributed by atoms with Crippen molar-refractivity contribution in [1.29, 1.82) is 0 Å². The number of ether oxygens (including phenoxy) is 4. The van der Waals surface area contributed by atoms with Crippen molar-refractivity contribution in [2.24, 2.45) is 52.3 Å². The lowest BCUT2D eigenvalue weighted by Crippen LogP contribution is -2.58. The van der Waals surface area contributed by atoms with E-state index in [0.717, 1.165) is 66.9 Å². The average Bonchev–Trinajstić information content (AvgIpc) is 3.48. The quantitative estimate of drug-likeness (QED) is 0.323. The second-order valence-corrected chi connectivity index (χ2v) is 16.5. The van der Waals surface area contributed by atoms with E-state index in [2.05, 4.69) is 34.3 Å². The molecule has 4 aliphatic carbocycles. The zero-order valence-electron chi connectivity index (χ0n) is 27.6. The van der Waals surface area contributed by atoms with Gasteiger partial charge in [0.05, 0.1) is 26.4 Å². The van der Waals surface area contributed by atoms with E-state index >= 15 is 0 Å². The maximum Gasteiger partial charge on any atom is 0.202 e. The molecule has 1 aromatic carbocycles. The Morgan fingerprint density at radius 2 is 1.70 bits per heavy atom. The van der Waals surface area contributed by atoms with E-state index in [1.807, 2.05) is 24.3 Å². The van der Waals surface area contributed by atoms with Crippen LogP contribution in [0.15, 0.2) is 30.8 Å². The predicted octanol–water partition coefficient (Wildman–Crippen LogP) is 8.20. The number of hydrogen-bond acceptors (Lipinski definition) is 6. The van der Waals surface area contributed by atoms with Crippen LogP contribution >= 0.6 is 0 Å². The SMILES string of the molecule is C=C(c1ccc(OC)cc1)C1COC2(CC[C@@]3(C)C(CCC4C3CC[C@@]3(C)C4CC4OC5(CC[C@@H](C)CO5)[C@@H](C)C43)C2)OO1. The summed E-state index contributed by atoms with van der Waals surface area (Å²) in [6, 6.07) is 7.93. The fourth-order valence-electron chi connectivity index (χ4n) is 12.0. The molecule has 0 amide bonds.